The van der Waals surface area contributed by atoms with Crippen LogP contribution in [0.25, 0.3) is 0 Å². The van der Waals surface area contributed by atoms with E-state index in [1.807, 2.05) is 0 Å². The quantitative estimate of drug-likeness (QED) is 0.113. The van der Waals surface area contributed by atoms with Gasteiger partial charge in [-0.25, -0.2) is 10.0 Å². The zero-order valence-electron chi connectivity index (χ0n) is 13.0. The lowest BCUT2D eigenvalue weighted by Crippen LogP contribution is -2.24. The van der Waals surface area contributed by atoms with Crippen molar-refractivity contribution >= 4 is 36.8 Å². The molecule has 0 aliphatic rings. The molecule has 0 saturated heterocycles. The molecular formula is C10H23N4O8PS. The Morgan fingerprint density at radius 1 is 1.29 bits per heavy atom. The maximum atomic E-state index is 11.4. The maximum Gasteiger partial charge on any atom is 0.466 e. The highest BCUT2D eigenvalue weighted by Gasteiger charge is 2.16. The number of phosphoric acid groups is 1. The van der Waals surface area contributed by atoms with E-state index in [1.165, 1.54) is 0 Å². The number of thioether (sulfide) groups is 1. The van der Waals surface area contributed by atoms with Gasteiger partial charge in [-0.1, -0.05) is 11.8 Å². The highest BCUT2D eigenvalue weighted by molar-refractivity contribution is 8.14. The summed E-state index contributed by atoms with van der Waals surface area (Å²) in [5.41, 5.74) is 12.6. The second-order valence-electron chi connectivity index (χ2n) is 4.10. The predicted molar refractivity (Wildman–Crippen MR) is 88.0 cm³/mol. The number of hydrogen-bond donors (Lipinski definition) is 7. The summed E-state index contributed by atoms with van der Waals surface area (Å²) in [7, 11) is -4.64. The molecule has 1 unspecified atom stereocenters. The first-order chi connectivity index (χ1) is 11.0. The van der Waals surface area contributed by atoms with Gasteiger partial charge >= 0.3 is 19.0 Å². The third-order valence-corrected chi connectivity index (χ3v) is 3.10. The minimum absolute atomic E-state index is 0.0125. The molecule has 14 heteroatoms. The summed E-state index contributed by atoms with van der Waals surface area (Å²) in [5.74, 6) is -0.932. The van der Waals surface area contributed by atoms with E-state index < -0.39 is 13.8 Å². The fourth-order valence-corrected chi connectivity index (χ4v) is 2.06. The van der Waals surface area contributed by atoms with Crippen molar-refractivity contribution in [3.8, 4) is 0 Å². The summed E-state index contributed by atoms with van der Waals surface area (Å²) in [6, 6.07) is 0. The van der Waals surface area contributed by atoms with Gasteiger partial charge in [0.1, 0.15) is 0 Å². The Morgan fingerprint density at radius 2 is 1.83 bits per heavy atom. The fraction of sp³-hybridized carbons (Fsp3) is 0.700. The molecule has 9 N–H and O–H groups in total. The van der Waals surface area contributed by atoms with E-state index >= 15 is 0 Å². The Labute approximate surface area is 142 Å². The first kappa shape index (κ1) is 24.9. The van der Waals surface area contributed by atoms with Crippen LogP contribution in [0.1, 0.15) is 26.2 Å². The number of nitrogens with one attached hydrogen (secondary N) is 1. The van der Waals surface area contributed by atoms with Gasteiger partial charge in [0.15, 0.2) is 5.96 Å². The van der Waals surface area contributed by atoms with Gasteiger partial charge in [-0.15, -0.1) is 0 Å². The molecule has 0 aromatic heterocycles. The Morgan fingerprint density at radius 3 is 2.25 bits per heavy atom. The smallest absolute Gasteiger partial charge is 0.466 e. The van der Waals surface area contributed by atoms with Gasteiger partial charge in [0.25, 0.3) is 0 Å². The Kier molecular flexibility index (Phi) is 14.5. The second kappa shape index (κ2) is 14.0. The predicted octanol–water partition coefficient (Wildman–Crippen LogP) is -0.651. The first-order valence-corrected chi connectivity index (χ1v) is 9.04. The Balaban J connectivity index is 0. The van der Waals surface area contributed by atoms with Gasteiger partial charge in [0.2, 0.25) is 0 Å². The van der Waals surface area contributed by atoms with Gasteiger partial charge in [-0.05, 0) is 19.8 Å². The number of carboxylic acids is 1. The number of hydroxylamine groups is 1. The third kappa shape index (κ3) is 25.6. The fourth-order valence-electron chi connectivity index (χ4n) is 1.19. The third-order valence-electron chi connectivity index (χ3n) is 2.00. The van der Waals surface area contributed by atoms with Crippen LogP contribution in [0.4, 0.5) is 4.79 Å². The van der Waals surface area contributed by atoms with Gasteiger partial charge in [0.05, 0.1) is 6.61 Å². The minimum Gasteiger partial charge on any atom is -0.481 e. The van der Waals surface area contributed by atoms with Crippen LogP contribution in [0, 0.1) is 0 Å². The van der Waals surface area contributed by atoms with Crippen LogP contribution in [0.2, 0.25) is 0 Å². The monoisotopic (exact) mass is 390 g/mol. The van der Waals surface area contributed by atoms with Crippen molar-refractivity contribution in [1.29, 1.82) is 0 Å². The van der Waals surface area contributed by atoms with Crippen molar-refractivity contribution in [2.24, 2.45) is 16.5 Å². The molecule has 0 heterocycles. The number of carbonyl (C=O) groups excluding carboxylic acids is 1. The number of carbonyl (C=O) groups is 2. The first-order valence-electron chi connectivity index (χ1n) is 6.59. The number of carboxylic acid groups (broad SMARTS) is 1. The molecule has 0 radical (unpaired) electrons. The maximum absolute atomic E-state index is 11.4. The average molecular weight is 390 g/mol. The number of rotatable bonds is 9. The van der Waals surface area contributed by atoms with E-state index in [9.17, 15) is 9.59 Å². The largest absolute Gasteiger partial charge is 0.481 e. The Bertz CT molecular complexity index is 446. The number of aliphatic imine (C=N–C) groups is 1. The van der Waals surface area contributed by atoms with Gasteiger partial charge < -0.3 is 31.3 Å². The minimum atomic E-state index is -4.64. The molecule has 24 heavy (non-hydrogen) atoms. The molecule has 0 aromatic rings. The van der Waals surface area contributed by atoms with E-state index in [2.05, 4.69) is 10.5 Å². The lowest BCUT2D eigenvalue weighted by atomic mass is 10.2. The molecule has 1 amide bonds. The van der Waals surface area contributed by atoms with Crippen LogP contribution in [-0.4, -0.2) is 55.4 Å². The zero-order chi connectivity index (χ0) is 19.2. The number of nitrogens with zero attached hydrogens (tertiary/aromatic N) is 1. The summed E-state index contributed by atoms with van der Waals surface area (Å²) in [6.07, 6.45) is 0.857. The molecule has 0 aliphatic carbocycles. The molecule has 0 rings (SSSR count). The summed E-state index contributed by atoms with van der Waals surface area (Å²) in [5, 5.41) is 8.11. The molecule has 1 atom stereocenters. The summed E-state index contributed by atoms with van der Waals surface area (Å²) >= 11 is 0.989. The van der Waals surface area contributed by atoms with Crippen LogP contribution in [0.5, 0.6) is 0 Å². The summed E-state index contributed by atoms with van der Waals surface area (Å²) in [4.78, 5) is 52.1. The van der Waals surface area contributed by atoms with E-state index in [4.69, 9.17) is 40.7 Å². The Hall–Kier alpha value is -1.37. The van der Waals surface area contributed by atoms with Crippen molar-refractivity contribution in [2.75, 3.05) is 13.2 Å². The van der Waals surface area contributed by atoms with E-state index in [1.54, 1.807) is 6.92 Å². The topological polar surface area (TPSA) is 218 Å². The van der Waals surface area contributed by atoms with Gasteiger partial charge in [0, 0.05) is 18.2 Å². The van der Waals surface area contributed by atoms with Crippen LogP contribution >= 0.6 is 19.6 Å². The van der Waals surface area contributed by atoms with Crippen molar-refractivity contribution < 1.29 is 38.8 Å². The van der Waals surface area contributed by atoms with E-state index in [0.29, 0.717) is 26.0 Å². The van der Waals surface area contributed by atoms with Gasteiger partial charge in [-0.2, -0.15) is 0 Å². The highest BCUT2D eigenvalue weighted by Crippen LogP contribution is 2.25. The van der Waals surface area contributed by atoms with Crippen molar-refractivity contribution in [2.45, 2.75) is 31.4 Å². The normalized spacial score (nSPS) is 11.7. The molecule has 0 bridgehead atoms. The second-order valence-corrected chi connectivity index (χ2v) is 6.40. The van der Waals surface area contributed by atoms with Crippen LogP contribution in [0.15, 0.2) is 4.99 Å². The number of guanidine groups is 1. The molecule has 0 fully saturated rings. The molecule has 0 aliphatic heterocycles. The van der Waals surface area contributed by atoms with Crippen molar-refractivity contribution in [3.63, 3.8) is 0 Å². The van der Waals surface area contributed by atoms with E-state index in [0.717, 1.165) is 11.8 Å². The summed E-state index contributed by atoms with van der Waals surface area (Å²) in [6.45, 7) is 2.45. The molecule has 0 saturated carbocycles. The average Bonchev–Trinajstić information content (AvgIpc) is 2.40. The SMILES string of the molecule is CCONC(=O)SC(CCN=C(N)N)CCC(=O)O.O=P(O)(O)O. The van der Waals surface area contributed by atoms with Crippen LogP contribution in [0.3, 0.4) is 0 Å². The van der Waals surface area contributed by atoms with Crippen LogP contribution in [-0.2, 0) is 14.2 Å². The highest BCUT2D eigenvalue weighted by atomic mass is 32.2. The standard InChI is InChI=1S/C10H20N4O4S.H3O4P/c1-2-18-14-10(17)19-7(3-4-8(15)16)5-6-13-9(11)12;1-5(2,3)4/h7H,2-6H2,1H3,(H,14,17)(H,15,16)(H4,11,12,13);(H3,1,2,3,4). The number of hydrogen-bond acceptors (Lipinski definition) is 6. The zero-order valence-corrected chi connectivity index (χ0v) is 14.7. The number of nitrogens with two attached hydrogens (primary N) is 2. The molecule has 0 aromatic carbocycles. The van der Waals surface area contributed by atoms with Crippen molar-refractivity contribution in [1.82, 2.24) is 5.48 Å². The summed E-state index contributed by atoms with van der Waals surface area (Å²) < 4.78 is 8.88. The lowest BCUT2D eigenvalue weighted by Gasteiger charge is -2.13. The number of amides is 1. The molecule has 0 spiro atoms. The van der Waals surface area contributed by atoms with E-state index in [-0.39, 0.29) is 22.9 Å². The number of aliphatic carboxylic acids is 1. The molecule has 12 nitrogen and oxygen atoms in total. The van der Waals surface area contributed by atoms with Gasteiger partial charge in [-0.3, -0.25) is 19.4 Å². The van der Waals surface area contributed by atoms with Crippen molar-refractivity contribution in [3.05, 3.63) is 0 Å². The molecular weight excluding hydrogens is 367 g/mol. The van der Waals surface area contributed by atoms with Crippen LogP contribution < -0.4 is 16.9 Å². The molecule has 142 valence electrons. The lowest BCUT2D eigenvalue weighted by molar-refractivity contribution is -0.137.